The van der Waals surface area contributed by atoms with Gasteiger partial charge in [0.15, 0.2) is 0 Å². The minimum atomic E-state index is 0.378. The SMILES string of the molecule is Cc1cc(NC2CCCC(C)(C)C2)nc(C(C)C)n1. The van der Waals surface area contributed by atoms with Gasteiger partial charge in [-0.3, -0.25) is 0 Å². The van der Waals surface area contributed by atoms with Crippen molar-refractivity contribution in [2.45, 2.75) is 72.3 Å². The third kappa shape index (κ3) is 3.92. The van der Waals surface area contributed by atoms with Crippen molar-refractivity contribution in [3.63, 3.8) is 0 Å². The molecule has 1 aliphatic carbocycles. The second kappa shape index (κ2) is 5.48. The van der Waals surface area contributed by atoms with Crippen molar-refractivity contribution >= 4 is 5.82 Å². The predicted molar refractivity (Wildman–Crippen MR) is 80.5 cm³/mol. The van der Waals surface area contributed by atoms with Gasteiger partial charge in [-0.15, -0.1) is 0 Å². The molecule has 1 saturated carbocycles. The molecule has 1 N–H and O–H groups in total. The first-order valence-electron chi connectivity index (χ1n) is 7.48. The van der Waals surface area contributed by atoms with Gasteiger partial charge in [-0.1, -0.05) is 34.1 Å². The molecule has 0 spiro atoms. The quantitative estimate of drug-likeness (QED) is 0.882. The number of aryl methyl sites for hydroxylation is 1. The van der Waals surface area contributed by atoms with Crippen LogP contribution in [-0.4, -0.2) is 16.0 Å². The Kier molecular flexibility index (Phi) is 4.12. The standard InChI is InChI=1S/C16H27N3/c1-11(2)15-17-12(3)9-14(19-15)18-13-7-6-8-16(4,5)10-13/h9,11,13H,6-8,10H2,1-5H3,(H,17,18,19). The Balaban J connectivity index is 2.10. The zero-order valence-electron chi connectivity index (χ0n) is 13.0. The molecule has 0 radical (unpaired) electrons. The second-order valence-electron chi connectivity index (χ2n) is 7.01. The summed E-state index contributed by atoms with van der Waals surface area (Å²) in [4.78, 5) is 9.16. The topological polar surface area (TPSA) is 37.8 Å². The molecule has 2 rings (SSSR count). The molecular weight excluding hydrogens is 234 g/mol. The molecule has 1 fully saturated rings. The van der Waals surface area contributed by atoms with Crippen LogP contribution in [0.4, 0.5) is 5.82 Å². The number of nitrogens with zero attached hydrogens (tertiary/aromatic N) is 2. The van der Waals surface area contributed by atoms with Crippen LogP contribution in [0.25, 0.3) is 0 Å². The maximum absolute atomic E-state index is 4.65. The molecule has 19 heavy (non-hydrogen) atoms. The Bertz CT molecular complexity index is 438. The van der Waals surface area contributed by atoms with Gasteiger partial charge in [-0.2, -0.15) is 0 Å². The van der Waals surface area contributed by atoms with Crippen molar-refractivity contribution in [1.29, 1.82) is 0 Å². The van der Waals surface area contributed by atoms with Crippen LogP contribution in [0.5, 0.6) is 0 Å². The summed E-state index contributed by atoms with van der Waals surface area (Å²) in [6.45, 7) is 11.1. The van der Waals surface area contributed by atoms with E-state index in [2.05, 4.69) is 49.0 Å². The van der Waals surface area contributed by atoms with Gasteiger partial charge < -0.3 is 5.32 Å². The van der Waals surface area contributed by atoms with Crippen LogP contribution in [0, 0.1) is 12.3 Å². The van der Waals surface area contributed by atoms with Gasteiger partial charge in [0, 0.05) is 23.7 Å². The minimum Gasteiger partial charge on any atom is -0.367 e. The zero-order chi connectivity index (χ0) is 14.0. The van der Waals surface area contributed by atoms with Gasteiger partial charge in [0.2, 0.25) is 0 Å². The van der Waals surface area contributed by atoms with Crippen molar-refractivity contribution in [2.75, 3.05) is 5.32 Å². The molecule has 0 saturated heterocycles. The molecule has 0 bridgehead atoms. The summed E-state index contributed by atoms with van der Waals surface area (Å²) in [5, 5.41) is 3.62. The molecule has 3 nitrogen and oxygen atoms in total. The first-order valence-corrected chi connectivity index (χ1v) is 7.48. The molecule has 3 heteroatoms. The minimum absolute atomic E-state index is 0.378. The van der Waals surface area contributed by atoms with Crippen LogP contribution in [0.2, 0.25) is 0 Å². The Morgan fingerprint density at radius 1 is 1.32 bits per heavy atom. The lowest BCUT2D eigenvalue weighted by molar-refractivity contribution is 0.229. The first kappa shape index (κ1) is 14.3. The summed E-state index contributed by atoms with van der Waals surface area (Å²) >= 11 is 0. The Labute approximate surface area is 117 Å². The van der Waals surface area contributed by atoms with E-state index in [9.17, 15) is 0 Å². The maximum Gasteiger partial charge on any atom is 0.133 e. The van der Waals surface area contributed by atoms with E-state index in [4.69, 9.17) is 0 Å². The highest BCUT2D eigenvalue weighted by Crippen LogP contribution is 2.36. The van der Waals surface area contributed by atoms with Gasteiger partial charge in [0.05, 0.1) is 0 Å². The van der Waals surface area contributed by atoms with E-state index >= 15 is 0 Å². The molecule has 1 heterocycles. The summed E-state index contributed by atoms with van der Waals surface area (Å²) in [7, 11) is 0. The van der Waals surface area contributed by atoms with E-state index < -0.39 is 0 Å². The third-order valence-electron chi connectivity index (χ3n) is 3.95. The van der Waals surface area contributed by atoms with Gasteiger partial charge in [-0.05, 0) is 31.6 Å². The van der Waals surface area contributed by atoms with Crippen LogP contribution in [0.1, 0.15) is 70.8 Å². The lowest BCUT2D eigenvalue weighted by Gasteiger charge is -2.35. The van der Waals surface area contributed by atoms with Crippen molar-refractivity contribution in [2.24, 2.45) is 5.41 Å². The molecule has 0 amide bonds. The van der Waals surface area contributed by atoms with Crippen molar-refractivity contribution in [3.8, 4) is 0 Å². The van der Waals surface area contributed by atoms with Crippen LogP contribution in [-0.2, 0) is 0 Å². The number of anilines is 1. The van der Waals surface area contributed by atoms with E-state index in [1.165, 1.54) is 25.7 Å². The number of rotatable bonds is 3. The molecule has 106 valence electrons. The van der Waals surface area contributed by atoms with Gasteiger partial charge in [-0.25, -0.2) is 9.97 Å². The van der Waals surface area contributed by atoms with Crippen LogP contribution < -0.4 is 5.32 Å². The summed E-state index contributed by atoms with van der Waals surface area (Å²) in [5.41, 5.74) is 1.51. The Morgan fingerprint density at radius 2 is 2.05 bits per heavy atom. The van der Waals surface area contributed by atoms with Gasteiger partial charge >= 0.3 is 0 Å². The highest BCUT2D eigenvalue weighted by molar-refractivity contribution is 5.37. The normalized spacial score (nSPS) is 22.5. The van der Waals surface area contributed by atoms with E-state index in [0.717, 1.165) is 17.3 Å². The summed E-state index contributed by atoms with van der Waals surface area (Å²) in [6, 6.07) is 2.62. The molecule has 1 atom stereocenters. The summed E-state index contributed by atoms with van der Waals surface area (Å²) < 4.78 is 0. The van der Waals surface area contributed by atoms with Crippen LogP contribution in [0.15, 0.2) is 6.07 Å². The van der Waals surface area contributed by atoms with E-state index in [1.807, 2.05) is 6.92 Å². The second-order valence-corrected chi connectivity index (χ2v) is 7.01. The lowest BCUT2D eigenvalue weighted by atomic mass is 9.75. The summed E-state index contributed by atoms with van der Waals surface area (Å²) in [6.07, 6.45) is 5.13. The third-order valence-corrected chi connectivity index (χ3v) is 3.95. The van der Waals surface area contributed by atoms with E-state index in [0.29, 0.717) is 17.4 Å². The fourth-order valence-electron chi connectivity index (χ4n) is 2.95. The molecule has 1 aliphatic rings. The number of aromatic nitrogens is 2. The van der Waals surface area contributed by atoms with Gasteiger partial charge in [0.1, 0.15) is 11.6 Å². The molecule has 0 aliphatic heterocycles. The fourth-order valence-corrected chi connectivity index (χ4v) is 2.95. The van der Waals surface area contributed by atoms with E-state index in [-0.39, 0.29) is 0 Å². The van der Waals surface area contributed by atoms with Crippen LogP contribution in [0.3, 0.4) is 0 Å². The molecule has 1 aromatic heterocycles. The van der Waals surface area contributed by atoms with Crippen LogP contribution >= 0.6 is 0 Å². The zero-order valence-corrected chi connectivity index (χ0v) is 13.0. The highest BCUT2D eigenvalue weighted by atomic mass is 15.1. The molecular formula is C16H27N3. The summed E-state index contributed by atoms with van der Waals surface area (Å²) in [5.74, 6) is 2.32. The van der Waals surface area contributed by atoms with Gasteiger partial charge in [0.25, 0.3) is 0 Å². The van der Waals surface area contributed by atoms with E-state index in [1.54, 1.807) is 0 Å². The predicted octanol–water partition coefficient (Wildman–Crippen LogP) is 4.29. The first-order chi connectivity index (χ1) is 8.85. The monoisotopic (exact) mass is 261 g/mol. The highest BCUT2D eigenvalue weighted by Gasteiger charge is 2.28. The smallest absolute Gasteiger partial charge is 0.133 e. The number of nitrogens with one attached hydrogen (secondary N) is 1. The van der Waals surface area contributed by atoms with Crippen molar-refractivity contribution < 1.29 is 0 Å². The Hall–Kier alpha value is -1.12. The number of hydrogen-bond donors (Lipinski definition) is 1. The average molecular weight is 261 g/mol. The average Bonchev–Trinajstić information content (AvgIpc) is 2.26. The molecule has 1 unspecified atom stereocenters. The lowest BCUT2D eigenvalue weighted by Crippen LogP contribution is -2.32. The largest absolute Gasteiger partial charge is 0.367 e. The van der Waals surface area contributed by atoms with Crippen molar-refractivity contribution in [1.82, 2.24) is 9.97 Å². The maximum atomic E-state index is 4.65. The van der Waals surface area contributed by atoms with Crippen molar-refractivity contribution in [3.05, 3.63) is 17.6 Å². The molecule has 0 aromatic carbocycles. The Morgan fingerprint density at radius 3 is 2.68 bits per heavy atom. The number of hydrogen-bond acceptors (Lipinski definition) is 3. The molecule has 1 aromatic rings. The fraction of sp³-hybridized carbons (Fsp3) is 0.750.